The van der Waals surface area contributed by atoms with Crippen molar-refractivity contribution in [2.45, 2.75) is 6.92 Å². The zero-order chi connectivity index (χ0) is 11.7. The predicted molar refractivity (Wildman–Crippen MR) is 67.1 cm³/mol. The standard InChI is InChI=1S/C10H8BrClN4/c1-5-2-3-6(7(11)4-5)8-14-9(12)16-10(13)15-8/h2-4H,1H3,(H2,13,14,15,16). The fourth-order valence-corrected chi connectivity index (χ4v) is 2.12. The number of aromatic nitrogens is 3. The predicted octanol–water partition coefficient (Wildman–Crippen LogP) is 2.85. The molecule has 82 valence electrons. The van der Waals surface area contributed by atoms with Gasteiger partial charge in [0.1, 0.15) is 0 Å². The van der Waals surface area contributed by atoms with Crippen molar-refractivity contribution in [1.82, 2.24) is 15.0 Å². The summed E-state index contributed by atoms with van der Waals surface area (Å²) in [6.45, 7) is 2.00. The summed E-state index contributed by atoms with van der Waals surface area (Å²) in [7, 11) is 0. The Bertz CT molecular complexity index is 524. The van der Waals surface area contributed by atoms with Gasteiger partial charge < -0.3 is 5.73 Å². The first-order valence-corrected chi connectivity index (χ1v) is 5.67. The quantitative estimate of drug-likeness (QED) is 0.879. The third kappa shape index (κ3) is 2.31. The molecule has 0 aliphatic rings. The molecule has 6 heteroatoms. The molecular formula is C10H8BrClN4. The van der Waals surface area contributed by atoms with E-state index in [-0.39, 0.29) is 11.2 Å². The molecule has 0 radical (unpaired) electrons. The normalized spacial score (nSPS) is 10.4. The van der Waals surface area contributed by atoms with Gasteiger partial charge in [-0.1, -0.05) is 22.0 Å². The highest BCUT2D eigenvalue weighted by atomic mass is 79.9. The van der Waals surface area contributed by atoms with E-state index < -0.39 is 0 Å². The van der Waals surface area contributed by atoms with Crippen LogP contribution in [0.5, 0.6) is 0 Å². The van der Waals surface area contributed by atoms with Crippen LogP contribution in [0.4, 0.5) is 5.95 Å². The molecule has 0 bridgehead atoms. The smallest absolute Gasteiger partial charge is 0.227 e. The molecule has 2 N–H and O–H groups in total. The maximum atomic E-state index is 5.73. The first kappa shape index (κ1) is 11.3. The fourth-order valence-electron chi connectivity index (χ4n) is 1.29. The lowest BCUT2D eigenvalue weighted by Crippen LogP contribution is -2.00. The number of nitrogens with zero attached hydrogens (tertiary/aromatic N) is 3. The molecule has 0 aliphatic carbocycles. The van der Waals surface area contributed by atoms with Gasteiger partial charge in [0.2, 0.25) is 11.2 Å². The van der Waals surface area contributed by atoms with Gasteiger partial charge in [-0.3, -0.25) is 0 Å². The van der Waals surface area contributed by atoms with Gasteiger partial charge >= 0.3 is 0 Å². The zero-order valence-electron chi connectivity index (χ0n) is 8.41. The molecule has 16 heavy (non-hydrogen) atoms. The average Bonchev–Trinajstić information content (AvgIpc) is 2.15. The number of nitrogen functional groups attached to an aromatic ring is 1. The number of halogens is 2. The Morgan fingerprint density at radius 1 is 1.25 bits per heavy atom. The third-order valence-corrected chi connectivity index (χ3v) is 2.82. The summed E-state index contributed by atoms with van der Waals surface area (Å²) in [6, 6.07) is 5.85. The Morgan fingerprint density at radius 3 is 2.62 bits per heavy atom. The van der Waals surface area contributed by atoms with Gasteiger partial charge in [-0.2, -0.15) is 15.0 Å². The van der Waals surface area contributed by atoms with Crippen molar-refractivity contribution in [3.63, 3.8) is 0 Å². The van der Waals surface area contributed by atoms with E-state index in [4.69, 9.17) is 17.3 Å². The molecule has 0 spiro atoms. The van der Waals surface area contributed by atoms with Crippen molar-refractivity contribution >= 4 is 33.5 Å². The number of hydrogen-bond donors (Lipinski definition) is 1. The van der Waals surface area contributed by atoms with Gasteiger partial charge in [-0.15, -0.1) is 0 Å². The molecule has 0 aliphatic heterocycles. The van der Waals surface area contributed by atoms with E-state index in [2.05, 4.69) is 30.9 Å². The Labute approximate surface area is 106 Å². The molecule has 0 unspecified atom stereocenters. The van der Waals surface area contributed by atoms with Crippen molar-refractivity contribution in [3.8, 4) is 11.4 Å². The van der Waals surface area contributed by atoms with Gasteiger partial charge in [-0.25, -0.2) is 0 Å². The lowest BCUT2D eigenvalue weighted by atomic mass is 10.1. The molecule has 0 fully saturated rings. The van der Waals surface area contributed by atoms with Gasteiger partial charge in [0.05, 0.1) is 0 Å². The second-order valence-electron chi connectivity index (χ2n) is 3.27. The van der Waals surface area contributed by atoms with Crippen LogP contribution in [0.3, 0.4) is 0 Å². The summed E-state index contributed by atoms with van der Waals surface area (Å²) in [5, 5.41) is 0.0926. The van der Waals surface area contributed by atoms with Gasteiger partial charge in [0.25, 0.3) is 0 Å². The summed E-state index contributed by atoms with van der Waals surface area (Å²) in [5.41, 5.74) is 7.49. The van der Waals surface area contributed by atoms with Gasteiger partial charge in [0, 0.05) is 10.0 Å². The average molecular weight is 300 g/mol. The monoisotopic (exact) mass is 298 g/mol. The largest absolute Gasteiger partial charge is 0.368 e. The Morgan fingerprint density at radius 2 is 2.00 bits per heavy atom. The van der Waals surface area contributed by atoms with E-state index in [1.54, 1.807) is 0 Å². The molecule has 0 saturated heterocycles. The minimum absolute atomic E-state index is 0.0926. The van der Waals surface area contributed by atoms with E-state index in [0.717, 1.165) is 15.6 Å². The van der Waals surface area contributed by atoms with Gasteiger partial charge in [-0.05, 0) is 36.2 Å². The molecule has 1 heterocycles. The van der Waals surface area contributed by atoms with Crippen molar-refractivity contribution in [2.75, 3.05) is 5.73 Å². The number of rotatable bonds is 1. The molecule has 1 aromatic carbocycles. The molecule has 4 nitrogen and oxygen atoms in total. The summed E-state index contributed by atoms with van der Waals surface area (Å²) >= 11 is 9.17. The van der Waals surface area contributed by atoms with Crippen LogP contribution in [-0.4, -0.2) is 15.0 Å². The number of aryl methyl sites for hydroxylation is 1. The minimum Gasteiger partial charge on any atom is -0.368 e. The minimum atomic E-state index is 0.0926. The molecular weight excluding hydrogens is 291 g/mol. The lowest BCUT2D eigenvalue weighted by Gasteiger charge is -2.04. The SMILES string of the molecule is Cc1ccc(-c2nc(N)nc(Cl)n2)c(Br)c1. The highest BCUT2D eigenvalue weighted by Crippen LogP contribution is 2.27. The van der Waals surface area contributed by atoms with Crippen LogP contribution in [-0.2, 0) is 0 Å². The van der Waals surface area contributed by atoms with Crippen LogP contribution in [0.15, 0.2) is 22.7 Å². The van der Waals surface area contributed by atoms with Crippen molar-refractivity contribution in [2.24, 2.45) is 0 Å². The molecule has 2 aromatic rings. The number of benzene rings is 1. The number of anilines is 1. The van der Waals surface area contributed by atoms with Crippen molar-refractivity contribution in [1.29, 1.82) is 0 Å². The van der Waals surface area contributed by atoms with Crippen LogP contribution in [0.25, 0.3) is 11.4 Å². The van der Waals surface area contributed by atoms with Crippen LogP contribution >= 0.6 is 27.5 Å². The van der Waals surface area contributed by atoms with E-state index in [1.807, 2.05) is 25.1 Å². The van der Waals surface area contributed by atoms with Gasteiger partial charge in [0.15, 0.2) is 5.82 Å². The van der Waals surface area contributed by atoms with Crippen LogP contribution in [0, 0.1) is 6.92 Å². The summed E-state index contributed by atoms with van der Waals surface area (Å²) in [5.74, 6) is 0.576. The molecule has 2 rings (SSSR count). The zero-order valence-corrected chi connectivity index (χ0v) is 10.7. The van der Waals surface area contributed by atoms with E-state index in [9.17, 15) is 0 Å². The highest BCUT2D eigenvalue weighted by molar-refractivity contribution is 9.10. The second kappa shape index (κ2) is 4.35. The van der Waals surface area contributed by atoms with Crippen LogP contribution in [0.2, 0.25) is 5.28 Å². The Hall–Kier alpha value is -1.20. The van der Waals surface area contributed by atoms with Crippen LogP contribution in [0.1, 0.15) is 5.56 Å². The van der Waals surface area contributed by atoms with E-state index in [1.165, 1.54) is 0 Å². The highest BCUT2D eigenvalue weighted by Gasteiger charge is 2.08. The second-order valence-corrected chi connectivity index (χ2v) is 4.46. The first-order chi connectivity index (χ1) is 7.56. The lowest BCUT2D eigenvalue weighted by molar-refractivity contribution is 1.07. The summed E-state index contributed by atoms with van der Waals surface area (Å²) < 4.78 is 0.897. The van der Waals surface area contributed by atoms with E-state index in [0.29, 0.717) is 5.82 Å². The first-order valence-electron chi connectivity index (χ1n) is 4.50. The van der Waals surface area contributed by atoms with Crippen molar-refractivity contribution < 1.29 is 0 Å². The summed E-state index contributed by atoms with van der Waals surface area (Å²) in [6.07, 6.45) is 0. The van der Waals surface area contributed by atoms with Crippen LogP contribution < -0.4 is 5.73 Å². The fraction of sp³-hybridized carbons (Fsp3) is 0.100. The number of nitrogens with two attached hydrogens (primary N) is 1. The summed E-state index contributed by atoms with van der Waals surface area (Å²) in [4.78, 5) is 11.8. The van der Waals surface area contributed by atoms with Crippen molar-refractivity contribution in [3.05, 3.63) is 33.5 Å². The maximum absolute atomic E-state index is 5.73. The number of hydrogen-bond acceptors (Lipinski definition) is 4. The molecule has 0 atom stereocenters. The Balaban J connectivity index is 2.58. The molecule has 0 amide bonds. The maximum Gasteiger partial charge on any atom is 0.227 e. The molecule has 1 aromatic heterocycles. The topological polar surface area (TPSA) is 64.7 Å². The third-order valence-electron chi connectivity index (χ3n) is 1.99. The Kier molecular flexibility index (Phi) is 3.07. The molecule has 0 saturated carbocycles. The van der Waals surface area contributed by atoms with E-state index >= 15 is 0 Å².